The molecule has 3 aromatic carbocycles. The van der Waals surface area contributed by atoms with E-state index in [-0.39, 0.29) is 11.9 Å². The number of hydrogen-bond acceptors (Lipinski definition) is 5. The molecule has 0 aliphatic heterocycles. The van der Waals surface area contributed by atoms with Crippen LogP contribution in [0, 0.1) is 0 Å². The van der Waals surface area contributed by atoms with Crippen molar-refractivity contribution in [3.63, 3.8) is 0 Å². The van der Waals surface area contributed by atoms with Gasteiger partial charge in [0.2, 0.25) is 0 Å². The Hall–Kier alpha value is -3.29. The fraction of sp³-hybridized carbons (Fsp3) is 0.240. The molecule has 6 nitrogen and oxygen atoms in total. The van der Waals surface area contributed by atoms with Gasteiger partial charge in [-0.1, -0.05) is 47.7 Å². The summed E-state index contributed by atoms with van der Waals surface area (Å²) in [7, 11) is 0. The maximum Gasteiger partial charge on any atom is 0.338 e. The van der Waals surface area contributed by atoms with E-state index in [9.17, 15) is 9.59 Å². The highest BCUT2D eigenvalue weighted by atomic mass is 32.1. The van der Waals surface area contributed by atoms with Crippen molar-refractivity contribution in [3.05, 3.63) is 76.6 Å². The second-order valence-corrected chi connectivity index (χ2v) is 8.09. The van der Waals surface area contributed by atoms with Crippen LogP contribution >= 0.6 is 11.3 Å². The highest BCUT2D eigenvalue weighted by Gasteiger charge is 2.14. The van der Waals surface area contributed by atoms with Crippen molar-refractivity contribution in [1.29, 1.82) is 0 Å². The summed E-state index contributed by atoms with van der Waals surface area (Å²) < 4.78 is 13.5. The third kappa shape index (κ3) is 4.49. The number of ether oxygens (including phenoxy) is 2. The van der Waals surface area contributed by atoms with Crippen LogP contribution < -0.4 is 4.80 Å². The third-order valence-electron chi connectivity index (χ3n) is 5.07. The van der Waals surface area contributed by atoms with Gasteiger partial charge in [0.25, 0.3) is 5.91 Å². The quantitative estimate of drug-likeness (QED) is 0.301. The van der Waals surface area contributed by atoms with Crippen LogP contribution in [0.4, 0.5) is 0 Å². The molecule has 0 aliphatic rings. The highest BCUT2D eigenvalue weighted by Crippen LogP contribution is 2.22. The fourth-order valence-corrected chi connectivity index (χ4v) is 4.67. The molecule has 7 heteroatoms. The number of fused-ring (bicyclic) bond motifs is 2. The zero-order valence-electron chi connectivity index (χ0n) is 18.0. The van der Waals surface area contributed by atoms with Gasteiger partial charge in [-0.2, -0.15) is 4.99 Å². The van der Waals surface area contributed by atoms with E-state index in [0.29, 0.717) is 42.3 Å². The molecule has 1 heterocycles. The SMILES string of the molecule is CCOCCn1c(=NC(=O)c2cccc3ccccc23)sc2cc(C(=O)OCC)ccc21. The minimum absolute atomic E-state index is 0.302. The Morgan fingerprint density at radius 3 is 2.62 bits per heavy atom. The first-order valence-corrected chi connectivity index (χ1v) is 11.4. The molecule has 32 heavy (non-hydrogen) atoms. The number of benzene rings is 3. The van der Waals surface area contributed by atoms with Gasteiger partial charge >= 0.3 is 5.97 Å². The molecule has 0 bridgehead atoms. The summed E-state index contributed by atoms with van der Waals surface area (Å²) in [6.07, 6.45) is 0. The Kier molecular flexibility index (Phi) is 6.78. The smallest absolute Gasteiger partial charge is 0.338 e. The van der Waals surface area contributed by atoms with E-state index in [1.54, 1.807) is 25.1 Å². The van der Waals surface area contributed by atoms with Crippen LogP contribution in [-0.4, -0.2) is 36.3 Å². The van der Waals surface area contributed by atoms with Gasteiger partial charge < -0.3 is 14.0 Å². The van der Waals surface area contributed by atoms with Crippen molar-refractivity contribution < 1.29 is 19.1 Å². The topological polar surface area (TPSA) is 69.9 Å². The first kappa shape index (κ1) is 21.9. The van der Waals surface area contributed by atoms with Crippen molar-refractivity contribution >= 4 is 44.2 Å². The molecule has 0 saturated heterocycles. The van der Waals surface area contributed by atoms with Crippen molar-refractivity contribution in [2.45, 2.75) is 20.4 Å². The monoisotopic (exact) mass is 448 g/mol. The van der Waals surface area contributed by atoms with Gasteiger partial charge in [0.1, 0.15) is 0 Å². The van der Waals surface area contributed by atoms with E-state index >= 15 is 0 Å². The van der Waals surface area contributed by atoms with E-state index in [1.165, 1.54) is 11.3 Å². The molecular formula is C25H24N2O4S. The van der Waals surface area contributed by atoms with Crippen molar-refractivity contribution in [3.8, 4) is 0 Å². The fourth-order valence-electron chi connectivity index (χ4n) is 3.58. The molecule has 0 spiro atoms. The Labute approximate surface area is 189 Å². The average Bonchev–Trinajstić information content (AvgIpc) is 3.15. The van der Waals surface area contributed by atoms with E-state index in [1.807, 2.05) is 54.0 Å². The van der Waals surface area contributed by atoms with Gasteiger partial charge in [-0.05, 0) is 48.9 Å². The predicted octanol–water partition coefficient (Wildman–Crippen LogP) is 4.81. The summed E-state index contributed by atoms with van der Waals surface area (Å²) in [6, 6.07) is 18.8. The maximum atomic E-state index is 13.2. The molecule has 4 rings (SSSR count). The lowest BCUT2D eigenvalue weighted by atomic mass is 10.0. The molecule has 1 aromatic heterocycles. The minimum atomic E-state index is -0.367. The number of nitrogens with zero attached hydrogens (tertiary/aromatic N) is 2. The van der Waals surface area contributed by atoms with Crippen LogP contribution in [0.2, 0.25) is 0 Å². The summed E-state index contributed by atoms with van der Waals surface area (Å²) in [5.41, 5.74) is 1.93. The third-order valence-corrected chi connectivity index (χ3v) is 6.12. The lowest BCUT2D eigenvalue weighted by Crippen LogP contribution is -2.19. The standard InChI is InChI=1S/C25H24N2O4S/c1-3-30-15-14-27-21-13-12-18(24(29)31-4-2)16-22(21)32-25(27)26-23(28)20-11-7-9-17-8-5-6-10-19(17)20/h5-13,16H,3-4,14-15H2,1-2H3. The average molecular weight is 449 g/mol. The molecule has 0 fully saturated rings. The van der Waals surface area contributed by atoms with Gasteiger partial charge in [-0.25, -0.2) is 4.79 Å². The number of esters is 1. The first-order chi connectivity index (χ1) is 15.6. The Bertz CT molecular complexity index is 1350. The largest absolute Gasteiger partial charge is 0.462 e. The van der Waals surface area contributed by atoms with E-state index in [4.69, 9.17) is 9.47 Å². The lowest BCUT2D eigenvalue weighted by molar-refractivity contribution is 0.0526. The molecule has 0 unspecified atom stereocenters. The second kappa shape index (κ2) is 9.89. The number of aromatic nitrogens is 1. The molecule has 0 N–H and O–H groups in total. The molecule has 164 valence electrons. The van der Waals surface area contributed by atoms with Crippen LogP contribution in [0.15, 0.2) is 65.7 Å². The number of hydrogen-bond donors (Lipinski definition) is 0. The first-order valence-electron chi connectivity index (χ1n) is 10.6. The van der Waals surface area contributed by atoms with E-state index in [2.05, 4.69) is 4.99 Å². The Morgan fingerprint density at radius 2 is 1.81 bits per heavy atom. The number of rotatable bonds is 7. The number of amides is 1. The highest BCUT2D eigenvalue weighted by molar-refractivity contribution is 7.16. The van der Waals surface area contributed by atoms with Crippen LogP contribution in [-0.2, 0) is 16.0 Å². The van der Waals surface area contributed by atoms with Gasteiger partial charge in [0.05, 0.1) is 29.0 Å². The molecule has 4 aromatic rings. The molecule has 0 aliphatic carbocycles. The Morgan fingerprint density at radius 1 is 1.00 bits per heavy atom. The van der Waals surface area contributed by atoms with E-state index in [0.717, 1.165) is 21.0 Å². The number of carbonyl (C=O) groups excluding carboxylic acids is 2. The zero-order chi connectivity index (χ0) is 22.5. The van der Waals surface area contributed by atoms with Crippen LogP contribution in [0.25, 0.3) is 21.0 Å². The summed E-state index contributed by atoms with van der Waals surface area (Å²) in [6.45, 7) is 5.69. The number of thiazole rings is 1. The van der Waals surface area contributed by atoms with Crippen molar-refractivity contribution in [1.82, 2.24) is 4.57 Å². The summed E-state index contributed by atoms with van der Waals surface area (Å²) >= 11 is 1.37. The molecule has 0 saturated carbocycles. The predicted molar refractivity (Wildman–Crippen MR) is 126 cm³/mol. The summed E-state index contributed by atoms with van der Waals surface area (Å²) in [5.74, 6) is -0.668. The van der Waals surface area contributed by atoms with Gasteiger partial charge in [0, 0.05) is 18.7 Å². The molecule has 0 atom stereocenters. The lowest BCUT2D eigenvalue weighted by Gasteiger charge is -2.06. The van der Waals surface area contributed by atoms with Gasteiger partial charge in [-0.3, -0.25) is 4.79 Å². The van der Waals surface area contributed by atoms with Crippen molar-refractivity contribution in [2.75, 3.05) is 19.8 Å². The van der Waals surface area contributed by atoms with Crippen molar-refractivity contribution in [2.24, 2.45) is 4.99 Å². The van der Waals surface area contributed by atoms with Crippen LogP contribution in [0.1, 0.15) is 34.6 Å². The molecule has 0 radical (unpaired) electrons. The minimum Gasteiger partial charge on any atom is -0.462 e. The summed E-state index contributed by atoms with van der Waals surface area (Å²) in [5, 5.41) is 1.86. The normalized spacial score (nSPS) is 11.9. The Balaban J connectivity index is 1.81. The molecule has 1 amide bonds. The zero-order valence-corrected chi connectivity index (χ0v) is 18.9. The van der Waals surface area contributed by atoms with Gasteiger partial charge in [0.15, 0.2) is 4.80 Å². The molecular weight excluding hydrogens is 424 g/mol. The van der Waals surface area contributed by atoms with E-state index < -0.39 is 0 Å². The number of carbonyl (C=O) groups is 2. The van der Waals surface area contributed by atoms with Gasteiger partial charge in [-0.15, -0.1) is 0 Å². The van der Waals surface area contributed by atoms with Crippen LogP contribution in [0.3, 0.4) is 0 Å². The maximum absolute atomic E-state index is 13.2. The summed E-state index contributed by atoms with van der Waals surface area (Å²) in [4.78, 5) is 30.4. The van der Waals surface area contributed by atoms with Crippen LogP contribution in [0.5, 0.6) is 0 Å². The second-order valence-electron chi connectivity index (χ2n) is 7.08.